The summed E-state index contributed by atoms with van der Waals surface area (Å²) >= 11 is 1.30. The Balaban J connectivity index is 1.66. The van der Waals surface area contributed by atoms with Gasteiger partial charge in [0.1, 0.15) is 5.01 Å². The zero-order valence-electron chi connectivity index (χ0n) is 13.3. The molecule has 0 fully saturated rings. The van der Waals surface area contributed by atoms with E-state index >= 15 is 0 Å². The third-order valence-electron chi connectivity index (χ3n) is 3.47. The van der Waals surface area contributed by atoms with Gasteiger partial charge in [0.15, 0.2) is 0 Å². The fourth-order valence-corrected chi connectivity index (χ4v) is 3.05. The lowest BCUT2D eigenvalue weighted by molar-refractivity contribution is -0.384. The molecule has 0 aliphatic carbocycles. The molecule has 3 aromatic rings. The van der Waals surface area contributed by atoms with Crippen molar-refractivity contribution in [2.24, 2.45) is 0 Å². The van der Waals surface area contributed by atoms with Gasteiger partial charge in [-0.05, 0) is 24.6 Å². The minimum absolute atomic E-state index is 0.0621. The largest absolute Gasteiger partial charge is 0.296 e. The molecule has 0 spiro atoms. The third-order valence-corrected chi connectivity index (χ3v) is 4.30. The van der Waals surface area contributed by atoms with E-state index in [0.717, 1.165) is 10.6 Å². The molecule has 126 valence electrons. The van der Waals surface area contributed by atoms with Gasteiger partial charge < -0.3 is 0 Å². The van der Waals surface area contributed by atoms with Gasteiger partial charge in [-0.25, -0.2) is 0 Å². The van der Waals surface area contributed by atoms with Crippen molar-refractivity contribution in [2.45, 2.75) is 13.3 Å². The Morgan fingerprint density at radius 2 is 1.96 bits per heavy atom. The number of carbonyl (C=O) groups excluding carboxylic acids is 1. The van der Waals surface area contributed by atoms with Gasteiger partial charge in [0.25, 0.3) is 11.6 Å². The zero-order chi connectivity index (χ0) is 17.8. The molecule has 0 atom stereocenters. The van der Waals surface area contributed by atoms with Crippen molar-refractivity contribution < 1.29 is 9.72 Å². The Morgan fingerprint density at radius 1 is 1.20 bits per heavy atom. The lowest BCUT2D eigenvalue weighted by atomic mass is 10.1. The van der Waals surface area contributed by atoms with Crippen molar-refractivity contribution in [2.75, 3.05) is 5.32 Å². The Morgan fingerprint density at radius 3 is 2.64 bits per heavy atom. The lowest BCUT2D eigenvalue weighted by Crippen LogP contribution is -2.11. The Labute approximate surface area is 147 Å². The summed E-state index contributed by atoms with van der Waals surface area (Å²) in [4.78, 5) is 22.3. The van der Waals surface area contributed by atoms with E-state index in [1.807, 2.05) is 25.1 Å². The SMILES string of the molecule is Cc1cccc(Cc2nnc(NC(=O)c3ccc([N+](=O)[O-])cc3)s2)c1. The molecule has 3 rings (SSSR count). The van der Waals surface area contributed by atoms with E-state index in [2.05, 4.69) is 21.6 Å². The van der Waals surface area contributed by atoms with Crippen LogP contribution >= 0.6 is 11.3 Å². The smallest absolute Gasteiger partial charge is 0.269 e. The second-order valence-corrected chi connectivity index (χ2v) is 6.49. The van der Waals surface area contributed by atoms with Crippen LogP contribution in [0.15, 0.2) is 48.5 Å². The molecule has 1 heterocycles. The molecule has 1 aromatic heterocycles. The molecule has 25 heavy (non-hydrogen) atoms. The maximum absolute atomic E-state index is 12.2. The molecule has 0 saturated heterocycles. The van der Waals surface area contributed by atoms with E-state index in [-0.39, 0.29) is 11.6 Å². The van der Waals surface area contributed by atoms with Gasteiger partial charge in [-0.3, -0.25) is 20.2 Å². The van der Waals surface area contributed by atoms with Crippen LogP contribution in [0, 0.1) is 17.0 Å². The summed E-state index contributed by atoms with van der Waals surface area (Å²) in [6.45, 7) is 2.03. The number of hydrogen-bond acceptors (Lipinski definition) is 6. The standard InChI is InChI=1S/C17H14N4O3S/c1-11-3-2-4-12(9-11)10-15-19-20-17(25-15)18-16(22)13-5-7-14(8-6-13)21(23)24/h2-9H,10H2,1H3,(H,18,20,22). The number of anilines is 1. The number of benzene rings is 2. The minimum atomic E-state index is -0.510. The van der Waals surface area contributed by atoms with Crippen LogP contribution in [0.5, 0.6) is 0 Å². The maximum atomic E-state index is 12.2. The highest BCUT2D eigenvalue weighted by Gasteiger charge is 2.12. The number of aromatic nitrogens is 2. The predicted octanol–water partition coefficient (Wildman–Crippen LogP) is 3.60. The number of hydrogen-bond donors (Lipinski definition) is 1. The highest BCUT2D eigenvalue weighted by molar-refractivity contribution is 7.15. The Hall–Kier alpha value is -3.13. The van der Waals surface area contributed by atoms with Gasteiger partial charge in [0.2, 0.25) is 5.13 Å². The summed E-state index contributed by atoms with van der Waals surface area (Å²) in [6, 6.07) is 13.5. The summed E-state index contributed by atoms with van der Waals surface area (Å²) < 4.78 is 0. The van der Waals surface area contributed by atoms with Crippen LogP contribution < -0.4 is 5.32 Å². The number of nitrogens with one attached hydrogen (secondary N) is 1. The second kappa shape index (κ2) is 7.18. The molecule has 0 aliphatic heterocycles. The van der Waals surface area contributed by atoms with Gasteiger partial charge in [0, 0.05) is 24.1 Å². The van der Waals surface area contributed by atoms with Crippen LogP contribution in [-0.4, -0.2) is 21.0 Å². The van der Waals surface area contributed by atoms with E-state index < -0.39 is 4.92 Å². The van der Waals surface area contributed by atoms with Gasteiger partial charge in [-0.15, -0.1) is 10.2 Å². The molecular formula is C17H14N4O3S. The number of amides is 1. The van der Waals surface area contributed by atoms with E-state index in [1.54, 1.807) is 0 Å². The quantitative estimate of drug-likeness (QED) is 0.557. The first-order valence-corrected chi connectivity index (χ1v) is 8.26. The predicted molar refractivity (Wildman–Crippen MR) is 94.9 cm³/mol. The second-order valence-electron chi connectivity index (χ2n) is 5.42. The average molecular weight is 354 g/mol. The Bertz CT molecular complexity index is 922. The first-order chi connectivity index (χ1) is 12.0. The van der Waals surface area contributed by atoms with Crippen LogP contribution in [-0.2, 0) is 6.42 Å². The van der Waals surface area contributed by atoms with Crippen LogP contribution in [0.25, 0.3) is 0 Å². The highest BCUT2D eigenvalue weighted by Crippen LogP contribution is 2.20. The summed E-state index contributed by atoms with van der Waals surface area (Å²) in [5.74, 6) is -0.381. The summed E-state index contributed by atoms with van der Waals surface area (Å²) in [6.07, 6.45) is 0.646. The molecule has 8 heteroatoms. The number of aryl methyl sites for hydroxylation is 1. The number of nitro groups is 1. The van der Waals surface area contributed by atoms with E-state index in [1.165, 1.54) is 41.2 Å². The van der Waals surface area contributed by atoms with Crippen molar-refractivity contribution in [1.29, 1.82) is 0 Å². The number of carbonyl (C=O) groups is 1. The van der Waals surface area contributed by atoms with Gasteiger partial charge in [0.05, 0.1) is 4.92 Å². The normalized spacial score (nSPS) is 10.4. The topological polar surface area (TPSA) is 98.0 Å². The summed E-state index contributed by atoms with van der Waals surface area (Å²) in [5.41, 5.74) is 2.56. The first kappa shape index (κ1) is 16.7. The fourth-order valence-electron chi connectivity index (χ4n) is 2.28. The van der Waals surface area contributed by atoms with E-state index in [4.69, 9.17) is 0 Å². The molecule has 0 aliphatic rings. The van der Waals surface area contributed by atoms with Crippen molar-refractivity contribution in [3.8, 4) is 0 Å². The van der Waals surface area contributed by atoms with E-state index in [9.17, 15) is 14.9 Å². The molecule has 7 nitrogen and oxygen atoms in total. The van der Waals surface area contributed by atoms with Crippen LogP contribution in [0.3, 0.4) is 0 Å². The Kier molecular flexibility index (Phi) is 4.80. The number of nitro benzene ring substituents is 1. The van der Waals surface area contributed by atoms with Crippen molar-refractivity contribution in [3.63, 3.8) is 0 Å². The first-order valence-electron chi connectivity index (χ1n) is 7.45. The van der Waals surface area contributed by atoms with Crippen molar-refractivity contribution >= 4 is 28.1 Å². The van der Waals surface area contributed by atoms with E-state index in [0.29, 0.717) is 17.1 Å². The van der Waals surface area contributed by atoms with Crippen molar-refractivity contribution in [3.05, 3.63) is 80.3 Å². The molecule has 0 unspecified atom stereocenters. The van der Waals surface area contributed by atoms with Gasteiger partial charge in [-0.2, -0.15) is 0 Å². The maximum Gasteiger partial charge on any atom is 0.269 e. The van der Waals surface area contributed by atoms with Gasteiger partial charge >= 0.3 is 0 Å². The van der Waals surface area contributed by atoms with Crippen molar-refractivity contribution in [1.82, 2.24) is 10.2 Å². The molecular weight excluding hydrogens is 340 g/mol. The fraction of sp³-hybridized carbons (Fsp3) is 0.118. The van der Waals surface area contributed by atoms with Crippen LogP contribution in [0.2, 0.25) is 0 Å². The van der Waals surface area contributed by atoms with Crippen LogP contribution in [0.4, 0.5) is 10.8 Å². The minimum Gasteiger partial charge on any atom is -0.296 e. The molecule has 1 N–H and O–H groups in total. The average Bonchev–Trinajstić information content (AvgIpc) is 3.01. The monoisotopic (exact) mass is 354 g/mol. The molecule has 0 radical (unpaired) electrons. The third kappa shape index (κ3) is 4.24. The summed E-state index contributed by atoms with van der Waals surface area (Å²) in [5, 5.41) is 22.6. The van der Waals surface area contributed by atoms with Crippen LogP contribution in [0.1, 0.15) is 26.5 Å². The zero-order valence-corrected chi connectivity index (χ0v) is 14.1. The summed E-state index contributed by atoms with van der Waals surface area (Å²) in [7, 11) is 0. The highest BCUT2D eigenvalue weighted by atomic mass is 32.1. The number of non-ortho nitro benzene ring substituents is 1. The molecule has 0 bridgehead atoms. The molecule has 2 aromatic carbocycles. The molecule has 0 saturated carbocycles. The molecule has 1 amide bonds. The van der Waals surface area contributed by atoms with Gasteiger partial charge in [-0.1, -0.05) is 41.2 Å². The number of nitrogens with zero attached hydrogens (tertiary/aromatic N) is 3. The lowest BCUT2D eigenvalue weighted by Gasteiger charge is -2.00. The number of rotatable bonds is 5.